The Balaban J connectivity index is 1.95. The molecule has 1 heterocycles. The van der Waals surface area contributed by atoms with Crippen molar-refractivity contribution in [3.05, 3.63) is 35.9 Å². The van der Waals surface area contributed by atoms with E-state index in [1.54, 1.807) is 0 Å². The first-order valence-corrected chi connectivity index (χ1v) is 6.80. The molecule has 0 bridgehead atoms. The lowest BCUT2D eigenvalue weighted by atomic mass is 9.89. The highest BCUT2D eigenvalue weighted by Crippen LogP contribution is 2.21. The maximum absolute atomic E-state index is 9.41. The van der Waals surface area contributed by atoms with Crippen LogP contribution in [0.1, 0.15) is 12.0 Å². The van der Waals surface area contributed by atoms with E-state index in [-0.39, 0.29) is 0 Å². The molecule has 1 atom stereocenters. The largest absolute Gasteiger partial charge is 0.310 e. The number of nitrogens with zero attached hydrogens (tertiary/aromatic N) is 3. The first-order chi connectivity index (χ1) is 9.14. The molecule has 0 radical (unpaired) electrons. The molecule has 2 N–H and O–H groups in total. The second-order valence-electron chi connectivity index (χ2n) is 5.34. The summed E-state index contributed by atoms with van der Waals surface area (Å²) in [6.45, 7) is 5.19. The first kappa shape index (κ1) is 14.0. The van der Waals surface area contributed by atoms with Gasteiger partial charge in [0.25, 0.3) is 0 Å². The Hall–Kier alpha value is -1.41. The lowest BCUT2D eigenvalue weighted by Gasteiger charge is -2.34. The summed E-state index contributed by atoms with van der Waals surface area (Å²) in [6, 6.07) is 12.0. The molecule has 0 amide bonds. The van der Waals surface area contributed by atoms with Gasteiger partial charge < -0.3 is 15.5 Å². The van der Waals surface area contributed by atoms with Gasteiger partial charge in [0.15, 0.2) is 0 Å². The maximum Gasteiger partial charge on any atom is 0.131 e. The van der Waals surface area contributed by atoms with Gasteiger partial charge in [0.1, 0.15) is 5.54 Å². The number of hydrogen-bond donors (Lipinski definition) is 1. The van der Waals surface area contributed by atoms with Gasteiger partial charge in [0.2, 0.25) is 0 Å². The summed E-state index contributed by atoms with van der Waals surface area (Å²) < 4.78 is 0. The molecule has 2 rings (SSSR count). The van der Waals surface area contributed by atoms with Crippen molar-refractivity contribution in [2.45, 2.75) is 12.0 Å². The summed E-state index contributed by atoms with van der Waals surface area (Å²) in [5.74, 6) is 0. The Labute approximate surface area is 115 Å². The zero-order valence-electron chi connectivity index (χ0n) is 11.5. The Bertz CT molecular complexity index is 431. The molecule has 4 nitrogen and oxygen atoms in total. The highest BCUT2D eigenvalue weighted by Gasteiger charge is 2.28. The number of nitrogens with two attached hydrogens (primary N) is 1. The smallest absolute Gasteiger partial charge is 0.131 e. The average Bonchev–Trinajstić information content (AvgIpc) is 2.47. The van der Waals surface area contributed by atoms with Gasteiger partial charge in [-0.05, 0) is 19.0 Å². The van der Waals surface area contributed by atoms with Crippen LogP contribution >= 0.6 is 0 Å². The van der Waals surface area contributed by atoms with Gasteiger partial charge in [-0.3, -0.25) is 0 Å². The number of benzene rings is 1. The summed E-state index contributed by atoms with van der Waals surface area (Å²) in [5.41, 5.74) is 6.30. The van der Waals surface area contributed by atoms with Crippen LogP contribution in [0.5, 0.6) is 0 Å². The number of nitriles is 1. The van der Waals surface area contributed by atoms with Gasteiger partial charge in [0, 0.05) is 32.7 Å². The number of piperazine rings is 1. The van der Waals surface area contributed by atoms with Crippen LogP contribution in [-0.4, -0.2) is 49.6 Å². The van der Waals surface area contributed by atoms with Crippen molar-refractivity contribution in [3.8, 4) is 6.07 Å². The van der Waals surface area contributed by atoms with Crippen molar-refractivity contribution in [1.29, 1.82) is 5.26 Å². The fourth-order valence-corrected chi connectivity index (χ4v) is 2.41. The van der Waals surface area contributed by atoms with Crippen molar-refractivity contribution in [2.24, 2.45) is 5.73 Å². The van der Waals surface area contributed by atoms with Crippen molar-refractivity contribution in [1.82, 2.24) is 9.80 Å². The molecule has 0 aromatic heterocycles. The van der Waals surface area contributed by atoms with Gasteiger partial charge in [0.05, 0.1) is 6.07 Å². The predicted molar refractivity (Wildman–Crippen MR) is 76.5 cm³/mol. The zero-order valence-corrected chi connectivity index (χ0v) is 11.5. The van der Waals surface area contributed by atoms with Crippen LogP contribution in [0.3, 0.4) is 0 Å². The minimum atomic E-state index is -0.870. The normalized spacial score (nSPS) is 20.7. The number of rotatable bonds is 4. The van der Waals surface area contributed by atoms with E-state index in [2.05, 4.69) is 22.9 Å². The lowest BCUT2D eigenvalue weighted by molar-refractivity contribution is 0.147. The molecule has 1 aliphatic heterocycles. The molecule has 1 aromatic carbocycles. The predicted octanol–water partition coefficient (Wildman–Crippen LogP) is 1.00. The zero-order chi connectivity index (χ0) is 13.7. The van der Waals surface area contributed by atoms with E-state index in [1.165, 1.54) is 0 Å². The van der Waals surface area contributed by atoms with Crippen molar-refractivity contribution in [2.75, 3.05) is 39.8 Å². The van der Waals surface area contributed by atoms with Crippen LogP contribution < -0.4 is 5.73 Å². The highest BCUT2D eigenvalue weighted by molar-refractivity contribution is 5.30. The van der Waals surface area contributed by atoms with Crippen molar-refractivity contribution in [3.63, 3.8) is 0 Å². The molecule has 1 saturated heterocycles. The second-order valence-corrected chi connectivity index (χ2v) is 5.34. The Kier molecular flexibility index (Phi) is 4.54. The molecule has 1 aliphatic rings. The summed E-state index contributed by atoms with van der Waals surface area (Å²) in [4.78, 5) is 4.72. The molecule has 102 valence electrons. The van der Waals surface area contributed by atoms with Gasteiger partial charge in [-0.1, -0.05) is 30.3 Å². The number of hydrogen-bond acceptors (Lipinski definition) is 4. The molecular weight excluding hydrogens is 236 g/mol. The molecule has 0 spiro atoms. The van der Waals surface area contributed by atoms with E-state index in [1.807, 2.05) is 30.3 Å². The van der Waals surface area contributed by atoms with E-state index in [4.69, 9.17) is 5.73 Å². The van der Waals surface area contributed by atoms with Gasteiger partial charge in [-0.2, -0.15) is 5.26 Å². The minimum Gasteiger partial charge on any atom is -0.310 e. The monoisotopic (exact) mass is 258 g/mol. The topological polar surface area (TPSA) is 56.3 Å². The van der Waals surface area contributed by atoms with Gasteiger partial charge in [-0.25, -0.2) is 0 Å². The third-order valence-electron chi connectivity index (χ3n) is 3.91. The Morgan fingerprint density at radius 3 is 2.42 bits per heavy atom. The first-order valence-electron chi connectivity index (χ1n) is 6.80. The van der Waals surface area contributed by atoms with Gasteiger partial charge in [-0.15, -0.1) is 0 Å². The fourth-order valence-electron chi connectivity index (χ4n) is 2.41. The van der Waals surface area contributed by atoms with Crippen molar-refractivity contribution < 1.29 is 0 Å². The Morgan fingerprint density at radius 2 is 1.84 bits per heavy atom. The standard InChI is InChI=1S/C15H22N4/c1-18-9-11-19(12-10-18)8-7-15(17,13-16)14-5-3-2-4-6-14/h2-6H,7-12,17H2,1H3. The van der Waals surface area contributed by atoms with Crippen LogP contribution in [0.4, 0.5) is 0 Å². The molecule has 0 saturated carbocycles. The third kappa shape index (κ3) is 3.54. The highest BCUT2D eigenvalue weighted by atomic mass is 15.2. The van der Waals surface area contributed by atoms with Crippen LogP contribution in [-0.2, 0) is 5.54 Å². The molecule has 4 heteroatoms. The third-order valence-corrected chi connectivity index (χ3v) is 3.91. The molecule has 1 unspecified atom stereocenters. The SMILES string of the molecule is CN1CCN(CCC(N)(C#N)c2ccccc2)CC1. The van der Waals surface area contributed by atoms with E-state index in [0.29, 0.717) is 6.42 Å². The molecular formula is C15H22N4. The van der Waals surface area contributed by atoms with Crippen LogP contribution in [0.15, 0.2) is 30.3 Å². The van der Waals surface area contributed by atoms with Crippen LogP contribution in [0.2, 0.25) is 0 Å². The summed E-state index contributed by atoms with van der Waals surface area (Å²) in [5, 5.41) is 9.41. The fraction of sp³-hybridized carbons (Fsp3) is 0.533. The lowest BCUT2D eigenvalue weighted by Crippen LogP contribution is -2.47. The summed E-state index contributed by atoms with van der Waals surface area (Å²) in [7, 11) is 2.14. The van der Waals surface area contributed by atoms with Crippen LogP contribution in [0, 0.1) is 11.3 Å². The molecule has 0 aliphatic carbocycles. The Morgan fingerprint density at radius 1 is 1.21 bits per heavy atom. The van der Waals surface area contributed by atoms with E-state index >= 15 is 0 Å². The van der Waals surface area contributed by atoms with E-state index in [9.17, 15) is 5.26 Å². The maximum atomic E-state index is 9.41. The molecule has 1 fully saturated rings. The average molecular weight is 258 g/mol. The molecule has 19 heavy (non-hydrogen) atoms. The van der Waals surface area contributed by atoms with Gasteiger partial charge >= 0.3 is 0 Å². The van der Waals surface area contributed by atoms with E-state index in [0.717, 1.165) is 38.3 Å². The van der Waals surface area contributed by atoms with Crippen LogP contribution in [0.25, 0.3) is 0 Å². The quantitative estimate of drug-likeness (QED) is 0.875. The minimum absolute atomic E-state index is 0.678. The summed E-state index contributed by atoms with van der Waals surface area (Å²) in [6.07, 6.45) is 0.678. The van der Waals surface area contributed by atoms with Crippen molar-refractivity contribution >= 4 is 0 Å². The van der Waals surface area contributed by atoms with E-state index < -0.39 is 5.54 Å². The second kappa shape index (κ2) is 6.16. The molecule has 1 aromatic rings. The number of likely N-dealkylation sites (N-methyl/N-ethyl adjacent to an activating group) is 1. The summed E-state index contributed by atoms with van der Waals surface area (Å²) >= 11 is 0.